The molecule has 224 valence electrons. The predicted molar refractivity (Wildman–Crippen MR) is 174 cm³/mol. The van der Waals surface area contributed by atoms with E-state index < -0.39 is 8.32 Å². The number of ketones is 1. The first-order chi connectivity index (χ1) is 20.0. The monoisotopic (exact) mass is 583 g/mol. The Labute approximate surface area is 253 Å². The average Bonchev–Trinajstić information content (AvgIpc) is 3.28. The van der Waals surface area contributed by atoms with Gasteiger partial charge in [0.15, 0.2) is 0 Å². The number of fused-ring (bicyclic) bond motifs is 1. The lowest BCUT2D eigenvalue weighted by Gasteiger charge is -2.56. The van der Waals surface area contributed by atoms with E-state index in [0.29, 0.717) is 49.5 Å². The van der Waals surface area contributed by atoms with Gasteiger partial charge >= 0.3 is 0 Å². The van der Waals surface area contributed by atoms with E-state index in [1.54, 1.807) is 0 Å². The smallest absolute Gasteiger partial charge is 0.261 e. The third kappa shape index (κ3) is 5.20. The molecule has 0 radical (unpaired) electrons. The number of benzene rings is 2. The quantitative estimate of drug-likeness (QED) is 0.103. The van der Waals surface area contributed by atoms with Crippen LogP contribution in [0.4, 0.5) is 0 Å². The van der Waals surface area contributed by atoms with Gasteiger partial charge in [0, 0.05) is 30.9 Å². The van der Waals surface area contributed by atoms with Crippen molar-refractivity contribution in [3.8, 4) is 0 Å². The molecule has 5 nitrogen and oxygen atoms in total. The van der Waals surface area contributed by atoms with E-state index >= 15 is 0 Å². The fraction of sp³-hybridized carbons (Fsp3) is 0.583. The van der Waals surface area contributed by atoms with Gasteiger partial charge in [-0.05, 0) is 87.5 Å². The van der Waals surface area contributed by atoms with Crippen LogP contribution >= 0.6 is 0 Å². The van der Waals surface area contributed by atoms with Crippen molar-refractivity contribution in [2.45, 2.75) is 84.6 Å². The van der Waals surface area contributed by atoms with Gasteiger partial charge in [-0.25, -0.2) is 0 Å². The van der Waals surface area contributed by atoms with Crippen LogP contribution in [0.2, 0.25) is 5.04 Å². The molecular formula is C36H49N3O2Si. The van der Waals surface area contributed by atoms with Crippen LogP contribution in [-0.2, 0) is 9.22 Å². The van der Waals surface area contributed by atoms with Gasteiger partial charge < -0.3 is 4.43 Å². The highest BCUT2D eigenvalue weighted by atomic mass is 28.4. The molecule has 0 spiro atoms. The number of rotatable bonds is 8. The number of carbonyl (C=O) groups excluding carboxylic acids is 1. The number of allylic oxidation sites excluding steroid dienone is 1. The summed E-state index contributed by atoms with van der Waals surface area (Å²) in [4.78, 5) is 15.8. The minimum absolute atomic E-state index is 0.0731. The maximum Gasteiger partial charge on any atom is 0.261 e. The van der Waals surface area contributed by atoms with Crippen molar-refractivity contribution in [3.63, 3.8) is 0 Å². The first-order valence-electron chi connectivity index (χ1n) is 15.9. The summed E-state index contributed by atoms with van der Waals surface area (Å²) in [5.74, 6) is 1.62. The molecule has 3 saturated carbocycles. The van der Waals surface area contributed by atoms with Crippen LogP contribution in [0, 0.1) is 34.5 Å². The van der Waals surface area contributed by atoms with E-state index in [-0.39, 0.29) is 21.8 Å². The molecule has 0 heterocycles. The van der Waals surface area contributed by atoms with Crippen molar-refractivity contribution >= 4 is 24.5 Å². The van der Waals surface area contributed by atoms with Crippen LogP contribution in [0.5, 0.6) is 0 Å². The molecule has 6 heteroatoms. The number of nitrogens with zero attached hydrogens (tertiary/aromatic N) is 3. The average molecular weight is 584 g/mol. The van der Waals surface area contributed by atoms with Gasteiger partial charge in [0.2, 0.25) is 0 Å². The lowest BCUT2D eigenvalue weighted by molar-refractivity contribution is -0.130. The second kappa shape index (κ2) is 11.8. The zero-order valence-electron chi connectivity index (χ0n) is 26.3. The molecule has 0 aromatic heterocycles. The molecular weight excluding hydrogens is 535 g/mol. The summed E-state index contributed by atoms with van der Waals surface area (Å²) in [6.07, 6.45) is 6.46. The Kier molecular flexibility index (Phi) is 8.64. The van der Waals surface area contributed by atoms with Gasteiger partial charge in [-0.1, -0.05) is 113 Å². The van der Waals surface area contributed by atoms with Crippen LogP contribution < -0.4 is 10.4 Å². The van der Waals surface area contributed by atoms with E-state index in [9.17, 15) is 10.3 Å². The number of azide groups is 1. The molecule has 3 aliphatic rings. The molecule has 0 unspecified atom stereocenters. The van der Waals surface area contributed by atoms with E-state index in [2.05, 4.69) is 112 Å². The van der Waals surface area contributed by atoms with Crippen LogP contribution in [-0.4, -0.2) is 27.3 Å². The largest absolute Gasteiger partial charge is 0.407 e. The second-order valence-corrected chi connectivity index (χ2v) is 19.1. The van der Waals surface area contributed by atoms with Crippen LogP contribution in [0.25, 0.3) is 10.4 Å². The second-order valence-electron chi connectivity index (χ2n) is 14.8. The summed E-state index contributed by atoms with van der Waals surface area (Å²) >= 11 is 0. The van der Waals surface area contributed by atoms with Gasteiger partial charge in [0.25, 0.3) is 8.32 Å². The van der Waals surface area contributed by atoms with E-state index in [4.69, 9.17) is 4.43 Å². The summed E-state index contributed by atoms with van der Waals surface area (Å²) in [7, 11) is -2.71. The third-order valence-corrected chi connectivity index (χ3v) is 16.9. The summed E-state index contributed by atoms with van der Waals surface area (Å²) in [6.45, 7) is 17.6. The van der Waals surface area contributed by atoms with Crippen LogP contribution in [0.15, 0.2) is 77.9 Å². The van der Waals surface area contributed by atoms with Crippen molar-refractivity contribution < 1.29 is 9.22 Å². The Morgan fingerprint density at radius 3 is 2.17 bits per heavy atom. The molecule has 2 aromatic rings. The molecule has 6 atom stereocenters. The number of carbonyl (C=O) groups is 1. The van der Waals surface area contributed by atoms with Crippen molar-refractivity contribution in [2.24, 2.45) is 39.6 Å². The summed E-state index contributed by atoms with van der Waals surface area (Å²) in [5.41, 5.74) is 10.6. The summed E-state index contributed by atoms with van der Waals surface area (Å²) in [5, 5.41) is 6.56. The maximum absolute atomic E-state index is 12.7. The van der Waals surface area contributed by atoms with E-state index in [1.165, 1.54) is 15.9 Å². The normalized spacial score (nSPS) is 31.8. The van der Waals surface area contributed by atoms with Crippen molar-refractivity contribution in [1.29, 1.82) is 0 Å². The van der Waals surface area contributed by atoms with E-state index in [0.717, 1.165) is 32.1 Å². The highest BCUT2D eigenvalue weighted by Crippen LogP contribution is 2.63. The van der Waals surface area contributed by atoms with Gasteiger partial charge in [0.05, 0.1) is 0 Å². The van der Waals surface area contributed by atoms with Crippen molar-refractivity contribution in [3.05, 3.63) is 83.3 Å². The SMILES string of the molecule is C=C1CC[C@H]2[C@H](CO[Si](c3ccccc3)(c3ccccc3)C(C)(C)C)[C@@H]([C@@]3(C)CCC(=O)C[C@@H]3CN=[N+]=[N-])CC[C@]12C. The highest BCUT2D eigenvalue weighted by molar-refractivity contribution is 6.99. The minimum atomic E-state index is -2.71. The molecule has 3 fully saturated rings. The standard InChI is InChI=1S/C36H49N3O2Si/c1-26-17-18-32-31(33(20-22-35(26,32)5)36(6)21-19-28(40)23-27(36)24-38-39-37)25-41-42(34(2,3)4,29-13-9-7-10-14-29)30-15-11-8-12-16-30/h7-16,27,31-33H,1,17-25H2,2-6H3/t27-,31+,32+,33+,35-,36+/m1/s1. The summed E-state index contributed by atoms with van der Waals surface area (Å²) in [6, 6.07) is 21.9. The first kappa shape index (κ1) is 30.8. The van der Waals surface area contributed by atoms with Gasteiger partial charge in [-0.15, -0.1) is 0 Å². The number of hydrogen-bond donors (Lipinski definition) is 0. The highest BCUT2D eigenvalue weighted by Gasteiger charge is 2.58. The third-order valence-electron chi connectivity index (χ3n) is 11.9. The molecule has 5 rings (SSSR count). The van der Waals surface area contributed by atoms with Gasteiger partial charge in [-0.2, -0.15) is 0 Å². The Balaban J connectivity index is 1.60. The zero-order chi connectivity index (χ0) is 30.2. The number of hydrogen-bond acceptors (Lipinski definition) is 3. The van der Waals surface area contributed by atoms with Crippen molar-refractivity contribution in [1.82, 2.24) is 0 Å². The lowest BCUT2D eigenvalue weighted by atomic mass is 9.49. The lowest BCUT2D eigenvalue weighted by Crippen LogP contribution is -2.67. The molecule has 0 saturated heterocycles. The molecule has 0 amide bonds. The molecule has 0 bridgehead atoms. The topological polar surface area (TPSA) is 75.1 Å². The van der Waals surface area contributed by atoms with Gasteiger partial charge in [-0.3, -0.25) is 4.79 Å². The fourth-order valence-electron chi connectivity index (χ4n) is 9.35. The van der Waals surface area contributed by atoms with Gasteiger partial charge in [0.1, 0.15) is 5.78 Å². The Bertz CT molecular complexity index is 1290. The molecule has 0 N–H and O–H groups in total. The first-order valence-corrected chi connectivity index (χ1v) is 17.8. The maximum atomic E-state index is 12.7. The zero-order valence-corrected chi connectivity index (χ0v) is 27.3. The Hall–Kier alpha value is -2.66. The number of Topliss-reactive ketones (excluding diaryl/α,β-unsaturated/α-hetero) is 1. The fourth-order valence-corrected chi connectivity index (χ4v) is 13.9. The minimum Gasteiger partial charge on any atom is -0.407 e. The Morgan fingerprint density at radius 1 is 0.976 bits per heavy atom. The van der Waals surface area contributed by atoms with Crippen LogP contribution in [0.1, 0.15) is 79.6 Å². The Morgan fingerprint density at radius 2 is 1.60 bits per heavy atom. The molecule has 2 aromatic carbocycles. The van der Waals surface area contributed by atoms with E-state index in [1.807, 2.05) is 0 Å². The molecule has 0 aliphatic heterocycles. The molecule has 3 aliphatic carbocycles. The molecule has 42 heavy (non-hydrogen) atoms. The predicted octanol–water partition coefficient (Wildman–Crippen LogP) is 8.25. The summed E-state index contributed by atoms with van der Waals surface area (Å²) < 4.78 is 7.66. The van der Waals surface area contributed by atoms with Crippen LogP contribution in [0.3, 0.4) is 0 Å². The van der Waals surface area contributed by atoms with Crippen molar-refractivity contribution in [2.75, 3.05) is 13.2 Å².